The molecule has 2 rings (SSSR count). The zero-order valence-electron chi connectivity index (χ0n) is 8.65. The second-order valence-electron chi connectivity index (χ2n) is 3.51. The summed E-state index contributed by atoms with van der Waals surface area (Å²) in [5, 5.41) is 9.62. The summed E-state index contributed by atoms with van der Waals surface area (Å²) >= 11 is 0. The first-order valence-electron chi connectivity index (χ1n) is 4.77. The van der Waals surface area contributed by atoms with Crippen molar-refractivity contribution in [2.45, 2.75) is 6.10 Å². The van der Waals surface area contributed by atoms with Gasteiger partial charge in [0.2, 0.25) is 5.82 Å². The molecule has 0 saturated heterocycles. The minimum atomic E-state index is -2.26. The maximum Gasteiger partial charge on any atom is 0.200 e. The molecule has 0 aliphatic rings. The van der Waals surface area contributed by atoms with Gasteiger partial charge in [-0.25, -0.2) is 22.0 Å². The van der Waals surface area contributed by atoms with E-state index < -0.39 is 40.8 Å². The Balaban J connectivity index is 2.65. The van der Waals surface area contributed by atoms with Crippen molar-refractivity contribution in [1.29, 1.82) is 0 Å². The Morgan fingerprint density at radius 2 is 1.39 bits per heavy atom. The van der Waals surface area contributed by atoms with Gasteiger partial charge < -0.3 is 10.1 Å². The Hall–Kier alpha value is -1.89. The lowest BCUT2D eigenvalue weighted by Gasteiger charge is -2.13. The van der Waals surface area contributed by atoms with Gasteiger partial charge in [-0.05, 0) is 12.1 Å². The fourth-order valence-corrected chi connectivity index (χ4v) is 1.53. The van der Waals surface area contributed by atoms with E-state index in [4.69, 9.17) is 0 Å². The quantitative estimate of drug-likeness (QED) is 0.488. The zero-order chi connectivity index (χ0) is 13.4. The summed E-state index contributed by atoms with van der Waals surface area (Å²) in [6, 6.07) is 2.66. The molecule has 18 heavy (non-hydrogen) atoms. The SMILES string of the molecule is OC(c1ccc[nH]1)c1c(F)c(F)c(F)c(F)c1F. The molecule has 1 aromatic carbocycles. The summed E-state index contributed by atoms with van der Waals surface area (Å²) in [5.41, 5.74) is -1.37. The van der Waals surface area contributed by atoms with Crippen LogP contribution in [0.4, 0.5) is 22.0 Å². The van der Waals surface area contributed by atoms with Crippen molar-refractivity contribution in [3.05, 3.63) is 58.7 Å². The lowest BCUT2D eigenvalue weighted by molar-refractivity contribution is 0.199. The minimum absolute atomic E-state index is 0.0850. The predicted molar refractivity (Wildman–Crippen MR) is 51.1 cm³/mol. The van der Waals surface area contributed by atoms with E-state index in [1.807, 2.05) is 0 Å². The Labute approximate surface area is 97.7 Å². The molecule has 1 aromatic heterocycles. The van der Waals surface area contributed by atoms with Gasteiger partial charge in [-0.3, -0.25) is 0 Å². The van der Waals surface area contributed by atoms with Crippen molar-refractivity contribution in [3.63, 3.8) is 0 Å². The van der Waals surface area contributed by atoms with Gasteiger partial charge in [0.1, 0.15) is 6.10 Å². The molecule has 1 atom stereocenters. The van der Waals surface area contributed by atoms with E-state index >= 15 is 0 Å². The van der Waals surface area contributed by atoms with Crippen LogP contribution in [-0.4, -0.2) is 10.1 Å². The van der Waals surface area contributed by atoms with E-state index in [-0.39, 0.29) is 5.69 Å². The number of benzene rings is 1. The maximum absolute atomic E-state index is 13.4. The van der Waals surface area contributed by atoms with Crippen LogP contribution >= 0.6 is 0 Å². The van der Waals surface area contributed by atoms with Gasteiger partial charge in [-0.1, -0.05) is 0 Å². The molecule has 96 valence electrons. The highest BCUT2D eigenvalue weighted by atomic mass is 19.2. The number of aliphatic hydroxyl groups excluding tert-OH is 1. The molecule has 2 nitrogen and oxygen atoms in total. The molecule has 2 aromatic rings. The molecule has 0 fully saturated rings. The number of aromatic nitrogens is 1. The van der Waals surface area contributed by atoms with Gasteiger partial charge in [-0.15, -0.1) is 0 Å². The standard InChI is InChI=1S/C11H6F5NO/c12-6-5(11(18)4-2-1-3-17-4)7(13)9(15)10(16)8(6)14/h1-3,11,17-18H. The smallest absolute Gasteiger partial charge is 0.200 e. The van der Waals surface area contributed by atoms with E-state index in [0.717, 1.165) is 0 Å². The van der Waals surface area contributed by atoms with Crippen LogP contribution in [0.15, 0.2) is 18.3 Å². The Morgan fingerprint density at radius 1 is 0.889 bits per heavy atom. The largest absolute Gasteiger partial charge is 0.382 e. The fourth-order valence-electron chi connectivity index (χ4n) is 1.53. The Kier molecular flexibility index (Phi) is 3.08. The van der Waals surface area contributed by atoms with Gasteiger partial charge in [-0.2, -0.15) is 0 Å². The van der Waals surface area contributed by atoms with Gasteiger partial charge in [0.15, 0.2) is 23.3 Å². The third-order valence-electron chi connectivity index (χ3n) is 2.43. The summed E-state index contributed by atoms with van der Waals surface area (Å²) in [5.74, 6) is -10.5. The first kappa shape index (κ1) is 12.6. The summed E-state index contributed by atoms with van der Waals surface area (Å²) in [6.45, 7) is 0. The lowest BCUT2D eigenvalue weighted by Crippen LogP contribution is -2.12. The summed E-state index contributed by atoms with van der Waals surface area (Å²) in [7, 11) is 0. The van der Waals surface area contributed by atoms with Gasteiger partial charge in [0.25, 0.3) is 0 Å². The van der Waals surface area contributed by atoms with Crippen LogP contribution in [-0.2, 0) is 0 Å². The van der Waals surface area contributed by atoms with Gasteiger partial charge >= 0.3 is 0 Å². The normalized spacial score (nSPS) is 12.8. The van der Waals surface area contributed by atoms with Gasteiger partial charge in [0, 0.05) is 11.9 Å². The second-order valence-corrected chi connectivity index (χ2v) is 3.51. The number of nitrogens with one attached hydrogen (secondary N) is 1. The van der Waals surface area contributed by atoms with Crippen LogP contribution in [0.1, 0.15) is 17.4 Å². The highest BCUT2D eigenvalue weighted by Crippen LogP contribution is 2.30. The van der Waals surface area contributed by atoms with E-state index in [0.29, 0.717) is 0 Å². The van der Waals surface area contributed by atoms with Crippen molar-refractivity contribution < 1.29 is 27.1 Å². The van der Waals surface area contributed by atoms with Crippen molar-refractivity contribution in [2.75, 3.05) is 0 Å². The molecule has 0 saturated carbocycles. The second kappa shape index (κ2) is 4.41. The molecule has 0 bridgehead atoms. The number of H-pyrrole nitrogens is 1. The topological polar surface area (TPSA) is 36.0 Å². The first-order valence-corrected chi connectivity index (χ1v) is 4.77. The predicted octanol–water partition coefficient (Wildman–Crippen LogP) is 2.79. The van der Waals surface area contributed by atoms with Crippen molar-refractivity contribution in [2.24, 2.45) is 0 Å². The molecular formula is C11H6F5NO. The van der Waals surface area contributed by atoms with E-state index in [1.165, 1.54) is 18.3 Å². The van der Waals surface area contributed by atoms with E-state index in [2.05, 4.69) is 4.98 Å². The van der Waals surface area contributed by atoms with Crippen LogP contribution in [0.3, 0.4) is 0 Å². The van der Waals surface area contributed by atoms with Gasteiger partial charge in [0.05, 0.1) is 5.56 Å². The maximum atomic E-state index is 13.4. The molecular weight excluding hydrogens is 257 g/mol. The molecule has 1 unspecified atom stereocenters. The number of rotatable bonds is 2. The molecule has 7 heteroatoms. The average molecular weight is 263 g/mol. The average Bonchev–Trinajstić information content (AvgIpc) is 2.88. The van der Waals surface area contributed by atoms with E-state index in [1.54, 1.807) is 0 Å². The van der Waals surface area contributed by atoms with Crippen LogP contribution in [0.5, 0.6) is 0 Å². The Bertz CT molecular complexity index is 553. The molecule has 0 aliphatic heterocycles. The minimum Gasteiger partial charge on any atom is -0.382 e. The van der Waals surface area contributed by atoms with Crippen molar-refractivity contribution >= 4 is 0 Å². The highest BCUT2D eigenvalue weighted by molar-refractivity contribution is 5.31. The number of hydrogen-bond acceptors (Lipinski definition) is 1. The Morgan fingerprint density at radius 3 is 1.83 bits per heavy atom. The first-order chi connectivity index (χ1) is 8.45. The fraction of sp³-hybridized carbons (Fsp3) is 0.0909. The molecule has 0 aliphatic carbocycles. The monoisotopic (exact) mass is 263 g/mol. The molecule has 2 N–H and O–H groups in total. The van der Waals surface area contributed by atoms with Crippen LogP contribution in [0.25, 0.3) is 0 Å². The molecule has 0 spiro atoms. The summed E-state index contributed by atoms with van der Waals surface area (Å²) in [6.07, 6.45) is -0.630. The number of halogens is 5. The number of aliphatic hydroxyl groups is 1. The molecule has 0 amide bonds. The third kappa shape index (κ3) is 1.76. The number of hydrogen-bond donors (Lipinski definition) is 2. The van der Waals surface area contributed by atoms with Crippen LogP contribution in [0.2, 0.25) is 0 Å². The third-order valence-corrected chi connectivity index (χ3v) is 2.43. The zero-order valence-corrected chi connectivity index (χ0v) is 8.65. The van der Waals surface area contributed by atoms with E-state index in [9.17, 15) is 27.1 Å². The van der Waals surface area contributed by atoms with Crippen LogP contribution in [0, 0.1) is 29.1 Å². The van der Waals surface area contributed by atoms with Crippen LogP contribution < -0.4 is 0 Å². The van der Waals surface area contributed by atoms with Crippen molar-refractivity contribution in [3.8, 4) is 0 Å². The summed E-state index contributed by atoms with van der Waals surface area (Å²) < 4.78 is 65.3. The lowest BCUT2D eigenvalue weighted by atomic mass is 10.0. The molecule has 1 heterocycles. The van der Waals surface area contributed by atoms with Crippen molar-refractivity contribution in [1.82, 2.24) is 4.98 Å². The molecule has 0 radical (unpaired) electrons. The summed E-state index contributed by atoms with van der Waals surface area (Å²) in [4.78, 5) is 2.42. The highest BCUT2D eigenvalue weighted by Gasteiger charge is 2.30. The number of aromatic amines is 1.